The van der Waals surface area contributed by atoms with Crippen LogP contribution in [0.2, 0.25) is 5.15 Å². The average Bonchev–Trinajstić information content (AvgIpc) is 3.48. The molecule has 32 heavy (non-hydrogen) atoms. The Kier molecular flexibility index (Phi) is 6.61. The fourth-order valence-corrected chi connectivity index (χ4v) is 4.27. The third kappa shape index (κ3) is 5.19. The molecule has 1 aliphatic carbocycles. The second kappa shape index (κ2) is 9.57. The topological polar surface area (TPSA) is 140 Å². The third-order valence-corrected chi connectivity index (χ3v) is 6.33. The van der Waals surface area contributed by atoms with E-state index in [0.717, 1.165) is 19.3 Å². The van der Waals surface area contributed by atoms with Crippen LogP contribution in [0.5, 0.6) is 0 Å². The Balaban J connectivity index is 1.42. The Morgan fingerprint density at radius 2 is 2.09 bits per heavy atom. The highest BCUT2D eigenvalue weighted by atomic mass is 35.5. The molecule has 3 atom stereocenters. The summed E-state index contributed by atoms with van der Waals surface area (Å²) in [6.45, 7) is 0.642. The maximum absolute atomic E-state index is 13.0. The number of hydrogen-bond donors (Lipinski definition) is 4. The zero-order chi connectivity index (χ0) is 22.7. The molecule has 3 heterocycles. The normalized spacial score (nSPS) is 20.1. The van der Waals surface area contributed by atoms with Gasteiger partial charge in [0.25, 0.3) is 5.91 Å². The second-order valence-corrected chi connectivity index (χ2v) is 8.87. The van der Waals surface area contributed by atoms with Crippen molar-refractivity contribution >= 4 is 40.2 Å². The quantitative estimate of drug-likeness (QED) is 0.450. The number of amides is 3. The molecule has 0 unspecified atom stereocenters. The predicted molar refractivity (Wildman–Crippen MR) is 118 cm³/mol. The number of carbonyl (C=O) groups is 3. The fraction of sp³-hybridized carbons (Fsp3) is 0.500. The summed E-state index contributed by atoms with van der Waals surface area (Å²) >= 11 is 6.09. The number of halogens is 1. The highest BCUT2D eigenvalue weighted by Crippen LogP contribution is 2.33. The molecule has 0 aromatic carbocycles. The number of fused-ring (bicyclic) bond motifs is 1. The van der Waals surface area contributed by atoms with Crippen molar-refractivity contribution < 1.29 is 14.4 Å². The van der Waals surface area contributed by atoms with E-state index in [1.54, 1.807) is 18.3 Å². The highest BCUT2D eigenvalue weighted by molar-refractivity contribution is 6.34. The summed E-state index contributed by atoms with van der Waals surface area (Å²) in [5.74, 6) is -0.852. The number of nitrogens with zero attached hydrogens (tertiary/aromatic N) is 2. The Morgan fingerprint density at radius 1 is 1.28 bits per heavy atom. The smallest absolute Gasteiger partial charge is 0.268 e. The molecule has 4 rings (SSSR count). The molecule has 2 aliphatic rings. The van der Waals surface area contributed by atoms with Crippen LogP contribution in [0.15, 0.2) is 18.3 Å². The van der Waals surface area contributed by atoms with Crippen molar-refractivity contribution in [2.45, 2.75) is 50.6 Å². The van der Waals surface area contributed by atoms with Gasteiger partial charge in [0.05, 0.1) is 11.6 Å². The molecule has 2 aromatic heterocycles. The van der Waals surface area contributed by atoms with Gasteiger partial charge in [0, 0.05) is 24.0 Å². The van der Waals surface area contributed by atoms with Gasteiger partial charge in [-0.3, -0.25) is 14.4 Å². The Hall–Kier alpha value is -3.12. The largest absolute Gasteiger partial charge is 0.356 e. The van der Waals surface area contributed by atoms with Crippen molar-refractivity contribution in [3.63, 3.8) is 0 Å². The first-order valence-corrected chi connectivity index (χ1v) is 11.2. The molecule has 1 saturated carbocycles. The number of aromatic amines is 1. The van der Waals surface area contributed by atoms with Crippen LogP contribution in [-0.2, 0) is 9.59 Å². The molecule has 2 fully saturated rings. The zero-order valence-electron chi connectivity index (χ0n) is 17.5. The molecule has 9 nitrogen and oxygen atoms in total. The number of hydrogen-bond acceptors (Lipinski definition) is 5. The van der Waals surface area contributed by atoms with E-state index in [4.69, 9.17) is 11.6 Å². The predicted octanol–water partition coefficient (Wildman–Crippen LogP) is 2.04. The molecule has 10 heteroatoms. The van der Waals surface area contributed by atoms with Crippen molar-refractivity contribution in [3.05, 3.63) is 29.2 Å². The van der Waals surface area contributed by atoms with E-state index < -0.39 is 23.9 Å². The standard InChI is InChI=1S/C22H25ClN6O3/c23-19-15-10-18(28-16(15)5-7-25-19)22(32)29-17(8-12-3-4-12)21(31)27-14(11-24)9-13-2-1-6-26-20(13)30/h5,7,10,12-14,17,28H,1-4,6,8-9H2,(H,26,30)(H,27,31)(H,29,32)/t13-,14-,17-/m0/s1. The van der Waals surface area contributed by atoms with E-state index in [9.17, 15) is 19.6 Å². The summed E-state index contributed by atoms with van der Waals surface area (Å²) in [5.41, 5.74) is 0.952. The van der Waals surface area contributed by atoms with Crippen LogP contribution >= 0.6 is 11.6 Å². The number of nitrogens with one attached hydrogen (secondary N) is 4. The first-order valence-electron chi connectivity index (χ1n) is 10.9. The molecule has 2 aromatic rings. The van der Waals surface area contributed by atoms with E-state index in [0.29, 0.717) is 36.2 Å². The van der Waals surface area contributed by atoms with Gasteiger partial charge in [0.1, 0.15) is 22.9 Å². The third-order valence-electron chi connectivity index (χ3n) is 6.02. The first kappa shape index (κ1) is 22.1. The highest BCUT2D eigenvalue weighted by Gasteiger charge is 2.33. The van der Waals surface area contributed by atoms with Crippen molar-refractivity contribution in [1.29, 1.82) is 5.26 Å². The van der Waals surface area contributed by atoms with E-state index in [-0.39, 0.29) is 29.1 Å². The lowest BCUT2D eigenvalue weighted by Crippen LogP contribution is -2.50. The number of aromatic nitrogens is 2. The summed E-state index contributed by atoms with van der Waals surface area (Å²) in [4.78, 5) is 44.8. The Labute approximate surface area is 190 Å². The minimum absolute atomic E-state index is 0.0828. The Bertz CT molecular complexity index is 1070. The van der Waals surface area contributed by atoms with Crippen molar-refractivity contribution in [2.75, 3.05) is 6.54 Å². The van der Waals surface area contributed by atoms with Gasteiger partial charge in [-0.15, -0.1) is 0 Å². The molecule has 4 N–H and O–H groups in total. The lowest BCUT2D eigenvalue weighted by molar-refractivity contribution is -0.128. The van der Waals surface area contributed by atoms with Crippen molar-refractivity contribution in [1.82, 2.24) is 25.9 Å². The number of piperidine rings is 1. The number of pyridine rings is 1. The summed E-state index contributed by atoms with van der Waals surface area (Å²) in [6.07, 6.45) is 5.87. The van der Waals surface area contributed by atoms with Crippen LogP contribution in [0.4, 0.5) is 0 Å². The summed E-state index contributed by atoms with van der Waals surface area (Å²) in [6, 6.07) is 3.83. The minimum atomic E-state index is -0.798. The van der Waals surface area contributed by atoms with Gasteiger partial charge in [-0.25, -0.2) is 4.98 Å². The number of carbonyl (C=O) groups excluding carboxylic acids is 3. The van der Waals surface area contributed by atoms with Gasteiger partial charge in [-0.05, 0) is 43.7 Å². The average molecular weight is 457 g/mol. The summed E-state index contributed by atoms with van der Waals surface area (Å²) in [7, 11) is 0. The van der Waals surface area contributed by atoms with E-state index in [1.807, 2.05) is 0 Å². The molecule has 0 radical (unpaired) electrons. The second-order valence-electron chi connectivity index (χ2n) is 8.51. The number of H-pyrrole nitrogens is 1. The van der Waals surface area contributed by atoms with Crippen molar-refractivity contribution in [2.24, 2.45) is 11.8 Å². The molecular weight excluding hydrogens is 432 g/mol. The molecule has 3 amide bonds. The minimum Gasteiger partial charge on any atom is -0.356 e. The molecular formula is C22H25ClN6O3. The van der Waals surface area contributed by atoms with E-state index >= 15 is 0 Å². The van der Waals surface area contributed by atoms with Gasteiger partial charge in [0.2, 0.25) is 11.8 Å². The molecule has 168 valence electrons. The lowest BCUT2D eigenvalue weighted by atomic mass is 9.92. The van der Waals surface area contributed by atoms with E-state index in [2.05, 4.69) is 32.0 Å². The van der Waals surface area contributed by atoms with E-state index in [1.165, 1.54) is 0 Å². The van der Waals surface area contributed by atoms with Crippen LogP contribution in [0.25, 0.3) is 10.9 Å². The van der Waals surface area contributed by atoms with Gasteiger partial charge < -0.3 is 20.9 Å². The van der Waals surface area contributed by atoms with Crippen LogP contribution in [0.3, 0.4) is 0 Å². The van der Waals surface area contributed by atoms with Gasteiger partial charge in [-0.1, -0.05) is 24.4 Å². The lowest BCUT2D eigenvalue weighted by Gasteiger charge is -2.25. The maximum atomic E-state index is 13.0. The molecule has 0 bridgehead atoms. The monoisotopic (exact) mass is 456 g/mol. The van der Waals surface area contributed by atoms with Crippen LogP contribution < -0.4 is 16.0 Å². The first-order chi connectivity index (χ1) is 15.4. The number of rotatable bonds is 8. The SMILES string of the molecule is N#C[C@H](C[C@@H]1CCCNC1=O)NC(=O)[C@H](CC1CC1)NC(=O)c1cc2c(Cl)nccc2[nH]1. The van der Waals surface area contributed by atoms with Crippen molar-refractivity contribution in [3.8, 4) is 6.07 Å². The maximum Gasteiger partial charge on any atom is 0.268 e. The molecule has 0 spiro atoms. The van der Waals surface area contributed by atoms with Crippen LogP contribution in [-0.4, -0.2) is 46.3 Å². The van der Waals surface area contributed by atoms with Gasteiger partial charge >= 0.3 is 0 Å². The summed E-state index contributed by atoms with van der Waals surface area (Å²) < 4.78 is 0. The molecule has 1 saturated heterocycles. The van der Waals surface area contributed by atoms with Crippen LogP contribution in [0.1, 0.15) is 49.0 Å². The molecule has 1 aliphatic heterocycles. The zero-order valence-corrected chi connectivity index (χ0v) is 18.2. The Morgan fingerprint density at radius 3 is 2.78 bits per heavy atom. The summed E-state index contributed by atoms with van der Waals surface area (Å²) in [5, 5.41) is 18.7. The number of nitriles is 1. The van der Waals surface area contributed by atoms with Crippen LogP contribution in [0, 0.1) is 23.2 Å². The van der Waals surface area contributed by atoms with Gasteiger partial charge in [-0.2, -0.15) is 5.26 Å². The van der Waals surface area contributed by atoms with Gasteiger partial charge in [0.15, 0.2) is 0 Å². The fourth-order valence-electron chi connectivity index (χ4n) is 4.06.